The molecule has 3 aromatic rings. The number of rotatable bonds is 7. The molecule has 1 unspecified atom stereocenters. The van der Waals surface area contributed by atoms with Crippen molar-refractivity contribution in [1.82, 2.24) is 14.5 Å². The van der Waals surface area contributed by atoms with Gasteiger partial charge in [0, 0.05) is 19.5 Å². The Kier molecular flexibility index (Phi) is 6.07. The van der Waals surface area contributed by atoms with Crippen molar-refractivity contribution in [2.45, 2.75) is 59.0 Å². The monoisotopic (exact) mass is 405 g/mol. The minimum atomic E-state index is 0.0746. The van der Waals surface area contributed by atoms with Crippen LogP contribution in [0.15, 0.2) is 42.5 Å². The van der Waals surface area contributed by atoms with Crippen LogP contribution in [0.5, 0.6) is 5.75 Å². The molecule has 1 aliphatic rings. The molecule has 0 bridgehead atoms. The number of hydrogen-bond acceptors (Lipinski definition) is 3. The van der Waals surface area contributed by atoms with E-state index in [9.17, 15) is 4.79 Å². The Morgan fingerprint density at radius 1 is 1.17 bits per heavy atom. The van der Waals surface area contributed by atoms with Crippen LogP contribution in [-0.2, 0) is 11.3 Å². The van der Waals surface area contributed by atoms with Crippen LogP contribution in [0.25, 0.3) is 11.0 Å². The van der Waals surface area contributed by atoms with Gasteiger partial charge in [-0.3, -0.25) is 4.79 Å². The first-order valence-electron chi connectivity index (χ1n) is 11.0. The normalized spacial score (nSPS) is 16.4. The molecule has 4 rings (SSSR count). The summed E-state index contributed by atoms with van der Waals surface area (Å²) >= 11 is 0. The summed E-state index contributed by atoms with van der Waals surface area (Å²) in [7, 11) is 0. The van der Waals surface area contributed by atoms with Crippen molar-refractivity contribution in [3.8, 4) is 5.75 Å². The van der Waals surface area contributed by atoms with Gasteiger partial charge in [-0.05, 0) is 68.5 Å². The van der Waals surface area contributed by atoms with Crippen LogP contribution in [0.1, 0.15) is 55.6 Å². The molecule has 1 aromatic heterocycles. The van der Waals surface area contributed by atoms with Crippen molar-refractivity contribution in [2.75, 3.05) is 13.2 Å². The van der Waals surface area contributed by atoms with Gasteiger partial charge < -0.3 is 14.2 Å². The average molecular weight is 406 g/mol. The summed E-state index contributed by atoms with van der Waals surface area (Å²) in [6.07, 6.45) is 3.44. The van der Waals surface area contributed by atoms with E-state index in [0.717, 1.165) is 55.0 Å². The third kappa shape index (κ3) is 4.07. The van der Waals surface area contributed by atoms with Crippen molar-refractivity contribution < 1.29 is 9.53 Å². The van der Waals surface area contributed by atoms with Gasteiger partial charge in [-0.25, -0.2) is 4.98 Å². The maximum absolute atomic E-state index is 12.5. The van der Waals surface area contributed by atoms with Gasteiger partial charge >= 0.3 is 0 Å². The second-order valence-electron chi connectivity index (χ2n) is 8.16. The van der Waals surface area contributed by atoms with Crippen molar-refractivity contribution in [1.29, 1.82) is 0 Å². The number of ether oxygens (including phenoxy) is 1. The minimum Gasteiger partial charge on any atom is -0.494 e. The fraction of sp³-hybridized carbons (Fsp3) is 0.440. The zero-order chi connectivity index (χ0) is 21.1. The van der Waals surface area contributed by atoms with Gasteiger partial charge in [-0.15, -0.1) is 0 Å². The fourth-order valence-corrected chi connectivity index (χ4v) is 4.34. The topological polar surface area (TPSA) is 47.4 Å². The third-order valence-corrected chi connectivity index (χ3v) is 6.13. The molecule has 0 radical (unpaired) electrons. The summed E-state index contributed by atoms with van der Waals surface area (Å²) in [5, 5.41) is 0. The molecule has 5 heteroatoms. The number of fused-ring (bicyclic) bond motifs is 1. The van der Waals surface area contributed by atoms with Gasteiger partial charge in [-0.2, -0.15) is 0 Å². The van der Waals surface area contributed by atoms with Gasteiger partial charge in [0.05, 0.1) is 23.7 Å². The van der Waals surface area contributed by atoms with E-state index < -0.39 is 0 Å². The maximum atomic E-state index is 12.5. The molecule has 5 nitrogen and oxygen atoms in total. The van der Waals surface area contributed by atoms with Gasteiger partial charge in [0.25, 0.3) is 0 Å². The van der Waals surface area contributed by atoms with Crippen LogP contribution in [0.3, 0.4) is 0 Å². The first kappa shape index (κ1) is 20.5. The van der Waals surface area contributed by atoms with Gasteiger partial charge in [0.1, 0.15) is 11.6 Å². The Bertz CT molecular complexity index is 1040. The number of aromatic nitrogens is 2. The number of carbonyl (C=O) groups is 1. The molecule has 0 aliphatic carbocycles. The molecular formula is C25H31N3O2. The summed E-state index contributed by atoms with van der Waals surface area (Å²) < 4.78 is 8.29. The molecule has 1 aliphatic heterocycles. The molecule has 0 spiro atoms. The zero-order valence-corrected chi connectivity index (χ0v) is 18.2. The summed E-state index contributed by atoms with van der Waals surface area (Å²) in [5.41, 5.74) is 4.66. The number of aryl methyl sites for hydroxylation is 3. The highest BCUT2D eigenvalue weighted by Gasteiger charge is 2.32. The van der Waals surface area contributed by atoms with E-state index in [1.54, 1.807) is 0 Å². The largest absolute Gasteiger partial charge is 0.494 e. The van der Waals surface area contributed by atoms with E-state index in [1.165, 1.54) is 11.1 Å². The lowest BCUT2D eigenvalue weighted by molar-refractivity contribution is -0.131. The Morgan fingerprint density at radius 2 is 2.00 bits per heavy atom. The van der Waals surface area contributed by atoms with Crippen molar-refractivity contribution in [2.24, 2.45) is 0 Å². The number of nitrogens with zero attached hydrogens (tertiary/aromatic N) is 3. The summed E-state index contributed by atoms with van der Waals surface area (Å²) in [6, 6.07) is 14.6. The Hall–Kier alpha value is -2.82. The van der Waals surface area contributed by atoms with Crippen LogP contribution in [0.4, 0.5) is 0 Å². The molecule has 1 saturated heterocycles. The quantitative estimate of drug-likeness (QED) is 0.508. The predicted octanol–water partition coefficient (Wildman–Crippen LogP) is 5.20. The SMILES string of the molecule is CCC(=O)N1CCCC1c1nc2ccccc2n1CCCOc1ccc(C)c(C)c1. The molecule has 1 amide bonds. The Balaban J connectivity index is 1.52. The molecule has 30 heavy (non-hydrogen) atoms. The van der Waals surface area contributed by atoms with Crippen LogP contribution in [0, 0.1) is 13.8 Å². The van der Waals surface area contributed by atoms with Crippen LogP contribution in [0.2, 0.25) is 0 Å². The number of hydrogen-bond donors (Lipinski definition) is 0. The van der Waals surface area contributed by atoms with E-state index in [4.69, 9.17) is 9.72 Å². The highest BCUT2D eigenvalue weighted by atomic mass is 16.5. The van der Waals surface area contributed by atoms with E-state index in [2.05, 4.69) is 48.7 Å². The van der Waals surface area contributed by atoms with Crippen molar-refractivity contribution in [3.05, 3.63) is 59.4 Å². The number of amides is 1. The highest BCUT2D eigenvalue weighted by molar-refractivity contribution is 5.78. The summed E-state index contributed by atoms with van der Waals surface area (Å²) in [6.45, 7) is 8.46. The molecular weight excluding hydrogens is 374 g/mol. The lowest BCUT2D eigenvalue weighted by atomic mass is 10.1. The van der Waals surface area contributed by atoms with E-state index in [-0.39, 0.29) is 11.9 Å². The third-order valence-electron chi connectivity index (χ3n) is 6.13. The number of imidazole rings is 1. The molecule has 1 fully saturated rings. The highest BCUT2D eigenvalue weighted by Crippen LogP contribution is 2.34. The van der Waals surface area contributed by atoms with Gasteiger partial charge in [0.15, 0.2) is 0 Å². The Labute approximate surface area is 178 Å². The van der Waals surface area contributed by atoms with E-state index >= 15 is 0 Å². The molecule has 0 saturated carbocycles. The average Bonchev–Trinajstić information content (AvgIpc) is 3.38. The number of para-hydroxylation sites is 2. The summed E-state index contributed by atoms with van der Waals surface area (Å²) in [4.78, 5) is 19.4. The fourth-order valence-electron chi connectivity index (χ4n) is 4.34. The molecule has 2 aromatic carbocycles. The Morgan fingerprint density at radius 3 is 2.80 bits per heavy atom. The molecule has 158 valence electrons. The smallest absolute Gasteiger partial charge is 0.222 e. The van der Waals surface area contributed by atoms with E-state index in [0.29, 0.717) is 13.0 Å². The first-order chi connectivity index (χ1) is 14.6. The van der Waals surface area contributed by atoms with Crippen molar-refractivity contribution in [3.63, 3.8) is 0 Å². The standard InChI is InChI=1S/C25H31N3O2/c1-4-24(29)27-14-7-11-23(27)25-26-21-9-5-6-10-22(21)28(25)15-8-16-30-20-13-12-18(2)19(3)17-20/h5-6,9-10,12-13,17,23H,4,7-8,11,14-16H2,1-3H3. The second kappa shape index (κ2) is 8.90. The van der Waals surface area contributed by atoms with Gasteiger partial charge in [-0.1, -0.05) is 25.1 Å². The van der Waals surface area contributed by atoms with Crippen LogP contribution >= 0.6 is 0 Å². The van der Waals surface area contributed by atoms with Crippen molar-refractivity contribution >= 4 is 16.9 Å². The minimum absolute atomic E-state index is 0.0746. The maximum Gasteiger partial charge on any atom is 0.222 e. The zero-order valence-electron chi connectivity index (χ0n) is 18.2. The molecule has 2 heterocycles. The second-order valence-corrected chi connectivity index (χ2v) is 8.16. The number of carbonyl (C=O) groups excluding carboxylic acids is 1. The number of benzene rings is 2. The lowest BCUT2D eigenvalue weighted by Gasteiger charge is -2.25. The summed E-state index contributed by atoms with van der Waals surface area (Å²) in [5.74, 6) is 2.15. The number of likely N-dealkylation sites (tertiary alicyclic amines) is 1. The predicted molar refractivity (Wildman–Crippen MR) is 120 cm³/mol. The van der Waals surface area contributed by atoms with Crippen LogP contribution < -0.4 is 4.74 Å². The molecule has 0 N–H and O–H groups in total. The van der Waals surface area contributed by atoms with E-state index in [1.807, 2.05) is 24.0 Å². The lowest BCUT2D eigenvalue weighted by Crippen LogP contribution is -2.31. The first-order valence-corrected chi connectivity index (χ1v) is 11.0. The molecule has 1 atom stereocenters. The van der Waals surface area contributed by atoms with Crippen LogP contribution in [-0.4, -0.2) is 33.5 Å². The van der Waals surface area contributed by atoms with Gasteiger partial charge in [0.2, 0.25) is 5.91 Å².